The molecule has 168 valence electrons. The number of benzene rings is 1. The average Bonchev–Trinajstić information content (AvgIpc) is 3.10. The van der Waals surface area contributed by atoms with Gasteiger partial charge in [0.1, 0.15) is 17.5 Å². The monoisotopic (exact) mass is 448 g/mol. The summed E-state index contributed by atoms with van der Waals surface area (Å²) in [6, 6.07) is 1.00. The highest BCUT2D eigenvalue weighted by atomic mass is 19.1. The highest BCUT2D eigenvalue weighted by Gasteiger charge is 2.47. The van der Waals surface area contributed by atoms with Crippen molar-refractivity contribution >= 4 is 11.7 Å². The second-order valence-corrected chi connectivity index (χ2v) is 8.38. The number of carbonyl (C=O) groups excluding carboxylic acids is 2. The number of hydrogen-bond donors (Lipinski definition) is 1. The molecule has 0 radical (unpaired) electrons. The first kappa shape index (κ1) is 20.7. The molecule has 2 bridgehead atoms. The van der Waals surface area contributed by atoms with Crippen LogP contribution < -0.4 is 5.43 Å². The molecule has 7 nitrogen and oxygen atoms in total. The van der Waals surface area contributed by atoms with Crippen molar-refractivity contribution in [3.63, 3.8) is 0 Å². The number of aromatic nitrogens is 1. The normalized spacial score (nSPS) is 23.8. The number of hydrogen-bond acceptors (Lipinski definition) is 5. The molecule has 0 unspecified atom stereocenters. The third-order valence-corrected chi connectivity index (χ3v) is 6.46. The van der Waals surface area contributed by atoms with Crippen LogP contribution in [-0.4, -0.2) is 44.6 Å². The number of halogens is 3. The van der Waals surface area contributed by atoms with Crippen molar-refractivity contribution in [3.05, 3.63) is 62.8 Å². The molecule has 10 heteroatoms. The van der Waals surface area contributed by atoms with Gasteiger partial charge in [-0.05, 0) is 25.7 Å². The second-order valence-electron chi connectivity index (χ2n) is 8.38. The van der Waals surface area contributed by atoms with Gasteiger partial charge in [-0.2, -0.15) is 0 Å². The molecule has 0 spiro atoms. The van der Waals surface area contributed by atoms with Crippen LogP contribution in [0, 0.1) is 17.5 Å². The van der Waals surface area contributed by atoms with E-state index in [1.165, 1.54) is 10.8 Å². The van der Waals surface area contributed by atoms with Crippen LogP contribution in [0.15, 0.2) is 23.1 Å². The molecule has 2 aromatic rings. The van der Waals surface area contributed by atoms with Gasteiger partial charge in [0.25, 0.3) is 5.91 Å². The number of ketones is 1. The second kappa shape index (κ2) is 7.47. The summed E-state index contributed by atoms with van der Waals surface area (Å²) in [6.07, 6.45) is 2.14. The minimum atomic E-state index is -1.13. The van der Waals surface area contributed by atoms with Gasteiger partial charge >= 0.3 is 0 Å². The summed E-state index contributed by atoms with van der Waals surface area (Å²) in [6.45, 7) is 0.142. The molecule has 1 aliphatic carbocycles. The molecule has 1 saturated carbocycles. The summed E-state index contributed by atoms with van der Waals surface area (Å²) in [5.74, 6) is -5.47. The van der Waals surface area contributed by atoms with Crippen LogP contribution in [0.1, 0.15) is 52.1 Å². The van der Waals surface area contributed by atoms with Gasteiger partial charge in [0.05, 0.1) is 18.2 Å². The van der Waals surface area contributed by atoms with Crippen LogP contribution in [0.3, 0.4) is 0 Å². The Kier molecular flexibility index (Phi) is 4.85. The number of Topliss-reactive ketones (excluding diaryl/α,β-unsaturated/α-hetero) is 1. The number of amides is 1. The van der Waals surface area contributed by atoms with Gasteiger partial charge in [0, 0.05) is 36.4 Å². The van der Waals surface area contributed by atoms with Gasteiger partial charge in [-0.1, -0.05) is 0 Å². The summed E-state index contributed by atoms with van der Waals surface area (Å²) in [5, 5.41) is 10.5. The van der Waals surface area contributed by atoms with E-state index in [4.69, 9.17) is 4.74 Å². The lowest BCUT2D eigenvalue weighted by molar-refractivity contribution is -0.132. The number of aromatic hydroxyl groups is 1. The van der Waals surface area contributed by atoms with Crippen molar-refractivity contribution in [1.29, 1.82) is 0 Å². The number of ether oxygens (including phenoxy) is 1. The maximum absolute atomic E-state index is 13.8. The molecule has 1 N–H and O–H groups in total. The Balaban J connectivity index is 1.44. The summed E-state index contributed by atoms with van der Waals surface area (Å²) in [4.78, 5) is 39.9. The minimum absolute atomic E-state index is 0.0173. The average molecular weight is 448 g/mol. The third kappa shape index (κ3) is 3.21. The molecule has 1 aromatic heterocycles. The molecule has 2 fully saturated rings. The Morgan fingerprint density at radius 3 is 2.59 bits per heavy atom. The molecule has 3 aliphatic rings. The van der Waals surface area contributed by atoms with E-state index in [1.54, 1.807) is 4.90 Å². The summed E-state index contributed by atoms with van der Waals surface area (Å²) >= 11 is 0. The molecule has 1 aromatic carbocycles. The zero-order valence-corrected chi connectivity index (χ0v) is 16.8. The Labute approximate surface area is 180 Å². The lowest BCUT2D eigenvalue weighted by Crippen LogP contribution is -2.57. The highest BCUT2D eigenvalue weighted by molar-refractivity contribution is 6.00. The smallest absolute Gasteiger partial charge is 0.276 e. The van der Waals surface area contributed by atoms with Crippen molar-refractivity contribution in [1.82, 2.24) is 9.47 Å². The SMILES string of the molecule is O=C(CCc1c(F)cc(F)cc1F)c1cn2c(c(O)c1=O)C(=O)N1[C@@H]3CC[C@@H](C3)O[C@H]1C2. The van der Waals surface area contributed by atoms with Gasteiger partial charge in [-0.25, -0.2) is 13.2 Å². The van der Waals surface area contributed by atoms with E-state index in [0.717, 1.165) is 12.8 Å². The minimum Gasteiger partial charge on any atom is -0.503 e. The predicted octanol–water partition coefficient (Wildman–Crippen LogP) is 2.52. The molecule has 3 heterocycles. The zero-order valence-electron chi connectivity index (χ0n) is 16.8. The van der Waals surface area contributed by atoms with E-state index in [-0.39, 0.29) is 24.4 Å². The topological polar surface area (TPSA) is 88.8 Å². The third-order valence-electron chi connectivity index (χ3n) is 6.46. The molecule has 1 amide bonds. The quantitative estimate of drug-likeness (QED) is 0.727. The molecule has 1 saturated heterocycles. The molecule has 2 aliphatic heterocycles. The highest BCUT2D eigenvalue weighted by Crippen LogP contribution is 2.38. The van der Waals surface area contributed by atoms with Crippen molar-refractivity contribution in [3.8, 4) is 5.75 Å². The summed E-state index contributed by atoms with van der Waals surface area (Å²) in [5.41, 5.74) is -2.09. The molecular formula is C22H19F3N2O5. The van der Waals surface area contributed by atoms with E-state index < -0.39 is 70.5 Å². The number of pyridine rings is 1. The van der Waals surface area contributed by atoms with Crippen LogP contribution in [-0.2, 0) is 17.7 Å². The van der Waals surface area contributed by atoms with E-state index in [9.17, 15) is 32.7 Å². The Bertz CT molecular complexity index is 1190. The van der Waals surface area contributed by atoms with Gasteiger partial charge < -0.3 is 19.3 Å². The first-order valence-electron chi connectivity index (χ1n) is 10.4. The fraction of sp³-hybridized carbons (Fsp3) is 0.409. The van der Waals surface area contributed by atoms with Crippen LogP contribution in [0.25, 0.3) is 0 Å². The van der Waals surface area contributed by atoms with Crippen LogP contribution in [0.4, 0.5) is 13.2 Å². The van der Waals surface area contributed by atoms with E-state index in [0.29, 0.717) is 18.6 Å². The fourth-order valence-corrected chi connectivity index (χ4v) is 4.94. The molecule has 32 heavy (non-hydrogen) atoms. The van der Waals surface area contributed by atoms with E-state index in [1.807, 2.05) is 0 Å². The first-order chi connectivity index (χ1) is 15.2. The van der Waals surface area contributed by atoms with E-state index >= 15 is 0 Å². The number of rotatable bonds is 4. The summed E-state index contributed by atoms with van der Waals surface area (Å²) in [7, 11) is 0. The maximum atomic E-state index is 13.8. The number of fused-ring (bicyclic) bond motifs is 5. The molecule has 3 atom stereocenters. The maximum Gasteiger partial charge on any atom is 0.276 e. The van der Waals surface area contributed by atoms with Crippen molar-refractivity contribution < 1.29 is 32.6 Å². The van der Waals surface area contributed by atoms with Gasteiger partial charge in [-0.3, -0.25) is 14.4 Å². The van der Waals surface area contributed by atoms with Crippen LogP contribution in [0.5, 0.6) is 5.75 Å². The van der Waals surface area contributed by atoms with Gasteiger partial charge in [0.15, 0.2) is 23.5 Å². The van der Waals surface area contributed by atoms with Gasteiger partial charge in [-0.15, -0.1) is 0 Å². The Morgan fingerprint density at radius 2 is 1.88 bits per heavy atom. The zero-order chi connectivity index (χ0) is 22.7. The van der Waals surface area contributed by atoms with Crippen molar-refractivity contribution in [2.24, 2.45) is 0 Å². The van der Waals surface area contributed by atoms with Crippen molar-refractivity contribution in [2.45, 2.75) is 57.0 Å². The van der Waals surface area contributed by atoms with Crippen LogP contribution >= 0.6 is 0 Å². The van der Waals surface area contributed by atoms with Gasteiger partial charge in [0.2, 0.25) is 5.43 Å². The largest absolute Gasteiger partial charge is 0.503 e. The lowest BCUT2D eigenvalue weighted by Gasteiger charge is -2.44. The fourth-order valence-electron chi connectivity index (χ4n) is 4.94. The Hall–Kier alpha value is -3.14. The predicted molar refractivity (Wildman–Crippen MR) is 104 cm³/mol. The van der Waals surface area contributed by atoms with E-state index in [2.05, 4.69) is 0 Å². The number of nitrogens with zero attached hydrogens (tertiary/aromatic N) is 2. The number of carbonyl (C=O) groups is 2. The first-order valence-corrected chi connectivity index (χ1v) is 10.4. The summed E-state index contributed by atoms with van der Waals surface area (Å²) < 4.78 is 48.0. The van der Waals surface area contributed by atoms with Crippen molar-refractivity contribution in [2.75, 3.05) is 0 Å². The Morgan fingerprint density at radius 1 is 1.16 bits per heavy atom. The lowest BCUT2D eigenvalue weighted by atomic mass is 10.0. The standard InChI is InChI=1S/C22H19F3N2O5/c23-10-5-15(24)13(16(25)6-10)3-4-17(28)14-8-26-9-18-27(11-1-2-12(7-11)32-18)22(31)19(26)21(30)20(14)29/h5-6,8,11-12,18,30H,1-4,7,9H2/t11-,12+,18+/m1/s1. The molecule has 5 rings (SSSR count). The van der Waals surface area contributed by atoms with Crippen LogP contribution in [0.2, 0.25) is 0 Å². The molecular weight excluding hydrogens is 429 g/mol.